The minimum atomic E-state index is -0.367. The van der Waals surface area contributed by atoms with Gasteiger partial charge in [0.15, 0.2) is 5.82 Å². The molecule has 140 valence electrons. The van der Waals surface area contributed by atoms with E-state index in [-0.39, 0.29) is 36.8 Å². The van der Waals surface area contributed by atoms with Crippen LogP contribution in [0, 0.1) is 5.41 Å². The fraction of sp³-hybridized carbons (Fsp3) is 0.278. The summed E-state index contributed by atoms with van der Waals surface area (Å²) in [5.74, 6) is 0.171. The number of nitrogen functional groups attached to an aromatic ring is 1. The molecule has 3 rings (SSSR count). The highest BCUT2D eigenvalue weighted by molar-refractivity contribution is 5.95. The van der Waals surface area contributed by atoms with Gasteiger partial charge in [-0.05, 0) is 0 Å². The van der Waals surface area contributed by atoms with Crippen LogP contribution in [0.5, 0.6) is 0 Å². The maximum Gasteiger partial charge on any atom is 0.318 e. The fourth-order valence-corrected chi connectivity index (χ4v) is 2.86. The summed E-state index contributed by atoms with van der Waals surface area (Å²) < 4.78 is 4.63. The molecule has 1 unspecified atom stereocenters. The predicted molar refractivity (Wildman–Crippen MR) is 98.0 cm³/mol. The average molecular weight is 368 g/mol. The Morgan fingerprint density at radius 3 is 2.59 bits per heavy atom. The molecule has 0 radical (unpaired) electrons. The van der Waals surface area contributed by atoms with Gasteiger partial charge in [0, 0.05) is 42.2 Å². The largest absolute Gasteiger partial charge is 0.469 e. The Morgan fingerprint density at radius 2 is 2.00 bits per heavy atom. The van der Waals surface area contributed by atoms with Gasteiger partial charge in [-0.15, -0.1) is 0 Å². The molecule has 2 heterocycles. The molecule has 4 N–H and O–H groups in total. The van der Waals surface area contributed by atoms with E-state index in [9.17, 15) is 9.59 Å². The van der Waals surface area contributed by atoms with Crippen LogP contribution in [-0.2, 0) is 9.53 Å². The van der Waals surface area contributed by atoms with Gasteiger partial charge < -0.3 is 20.7 Å². The van der Waals surface area contributed by atoms with Crippen LogP contribution in [0.3, 0.4) is 0 Å². The molecule has 1 aromatic heterocycles. The number of nitrogens with two attached hydrogens (primary N) is 1. The van der Waals surface area contributed by atoms with Crippen LogP contribution >= 0.6 is 0 Å². The number of ether oxygens (including phenoxy) is 1. The lowest BCUT2D eigenvalue weighted by Gasteiger charge is -2.22. The molecule has 0 aliphatic carbocycles. The van der Waals surface area contributed by atoms with Gasteiger partial charge in [0.2, 0.25) is 0 Å². The van der Waals surface area contributed by atoms with E-state index in [0.29, 0.717) is 17.9 Å². The van der Waals surface area contributed by atoms with E-state index in [0.717, 1.165) is 11.1 Å². The fourth-order valence-electron chi connectivity index (χ4n) is 2.86. The predicted octanol–water partition coefficient (Wildman–Crippen LogP) is 1.06. The van der Waals surface area contributed by atoms with E-state index in [4.69, 9.17) is 11.1 Å². The van der Waals surface area contributed by atoms with Gasteiger partial charge in [0.25, 0.3) is 0 Å². The summed E-state index contributed by atoms with van der Waals surface area (Å²) in [6.45, 7) is 0.688. The molecule has 9 heteroatoms. The van der Waals surface area contributed by atoms with E-state index in [1.54, 1.807) is 41.6 Å². The first kappa shape index (κ1) is 18.3. The molecule has 27 heavy (non-hydrogen) atoms. The summed E-state index contributed by atoms with van der Waals surface area (Å²) in [6.07, 6.45) is 3.48. The topological polar surface area (TPSA) is 134 Å². The van der Waals surface area contributed by atoms with Crippen LogP contribution in [0.15, 0.2) is 36.7 Å². The Bertz CT molecular complexity index is 850. The monoisotopic (exact) mass is 368 g/mol. The highest BCUT2D eigenvalue weighted by Crippen LogP contribution is 2.25. The van der Waals surface area contributed by atoms with Crippen LogP contribution in [0.1, 0.15) is 23.6 Å². The molecule has 1 aliphatic heterocycles. The lowest BCUT2D eigenvalue weighted by molar-refractivity contribution is -0.140. The van der Waals surface area contributed by atoms with Gasteiger partial charge in [0.1, 0.15) is 5.84 Å². The Balaban J connectivity index is 1.74. The minimum absolute atomic E-state index is 0.00302. The van der Waals surface area contributed by atoms with E-state index < -0.39 is 0 Å². The minimum Gasteiger partial charge on any atom is -0.469 e. The van der Waals surface area contributed by atoms with Crippen LogP contribution < -0.4 is 11.1 Å². The normalized spacial score (nSPS) is 16.1. The Kier molecular flexibility index (Phi) is 5.30. The third kappa shape index (κ3) is 4.02. The van der Waals surface area contributed by atoms with Crippen LogP contribution in [0.25, 0.3) is 11.4 Å². The van der Waals surface area contributed by atoms with E-state index in [1.807, 2.05) is 0 Å². The molecule has 1 fully saturated rings. The quantitative estimate of drug-likeness (QED) is 0.396. The summed E-state index contributed by atoms with van der Waals surface area (Å²) in [7, 11) is 1.32. The van der Waals surface area contributed by atoms with Crippen molar-refractivity contribution >= 4 is 17.8 Å². The molecule has 2 amide bonds. The summed E-state index contributed by atoms with van der Waals surface area (Å²) >= 11 is 0. The first-order valence-corrected chi connectivity index (χ1v) is 8.37. The number of amidine groups is 1. The molecule has 9 nitrogen and oxygen atoms in total. The van der Waals surface area contributed by atoms with Gasteiger partial charge in [0.05, 0.1) is 19.6 Å². The summed E-state index contributed by atoms with van der Waals surface area (Å²) in [6, 6.07) is 6.61. The number of nitrogens with zero attached hydrogens (tertiary/aromatic N) is 3. The summed E-state index contributed by atoms with van der Waals surface area (Å²) in [4.78, 5) is 33.7. The second-order valence-electron chi connectivity index (χ2n) is 6.05. The Morgan fingerprint density at radius 1 is 1.33 bits per heavy atom. The van der Waals surface area contributed by atoms with E-state index in [2.05, 4.69) is 20.0 Å². The molecule has 1 saturated heterocycles. The van der Waals surface area contributed by atoms with Gasteiger partial charge in [-0.3, -0.25) is 10.2 Å². The first-order valence-electron chi connectivity index (χ1n) is 8.37. The number of aromatic nitrogens is 2. The highest BCUT2D eigenvalue weighted by atomic mass is 16.5. The number of carbonyl (C=O) groups is 2. The number of carbonyl (C=O) groups excluding carboxylic acids is 2. The van der Waals surface area contributed by atoms with E-state index in [1.165, 1.54) is 7.11 Å². The molecule has 1 aromatic carbocycles. The maximum absolute atomic E-state index is 12.0. The number of amides is 2. The zero-order valence-electron chi connectivity index (χ0n) is 14.8. The molecule has 0 bridgehead atoms. The smallest absolute Gasteiger partial charge is 0.318 e. The number of rotatable bonds is 6. The van der Waals surface area contributed by atoms with E-state index >= 15 is 0 Å². The van der Waals surface area contributed by atoms with Gasteiger partial charge in [-0.25, -0.2) is 14.8 Å². The Hall–Kier alpha value is -3.49. The van der Waals surface area contributed by atoms with Crippen molar-refractivity contribution in [2.24, 2.45) is 5.73 Å². The van der Waals surface area contributed by atoms with Crippen LogP contribution in [-0.4, -0.2) is 52.9 Å². The number of benzene rings is 1. The van der Waals surface area contributed by atoms with Crippen molar-refractivity contribution in [1.82, 2.24) is 20.2 Å². The van der Waals surface area contributed by atoms with Crippen molar-refractivity contribution in [3.05, 3.63) is 47.8 Å². The standard InChI is InChI=1S/C18H20N6O3/c1-27-15(25)6-7-24-14(10-23-18(24)26)13-8-21-17(22-9-13)12-4-2-11(3-5-12)16(19)20/h2-5,8-9,14H,6-7,10H2,1H3,(H3,19,20)(H,23,26). The van der Waals surface area contributed by atoms with Crippen LogP contribution in [0.4, 0.5) is 4.79 Å². The third-order valence-corrected chi connectivity index (χ3v) is 4.38. The zero-order chi connectivity index (χ0) is 19.4. The van der Waals surface area contributed by atoms with Gasteiger partial charge in [-0.1, -0.05) is 24.3 Å². The molecular formula is C18H20N6O3. The molecule has 0 spiro atoms. The first-order chi connectivity index (χ1) is 13.0. The van der Waals surface area contributed by atoms with Crippen LogP contribution in [0.2, 0.25) is 0 Å². The molecule has 2 aromatic rings. The summed E-state index contributed by atoms with van der Waals surface area (Å²) in [5, 5.41) is 10.2. The molecule has 1 atom stereocenters. The van der Waals surface area contributed by atoms with Crippen molar-refractivity contribution < 1.29 is 14.3 Å². The number of esters is 1. The van der Waals surface area contributed by atoms with Crippen molar-refractivity contribution in [2.75, 3.05) is 20.2 Å². The average Bonchev–Trinajstić information content (AvgIpc) is 3.06. The second kappa shape index (κ2) is 7.81. The lowest BCUT2D eigenvalue weighted by Crippen LogP contribution is -2.32. The number of hydrogen-bond donors (Lipinski definition) is 3. The number of urea groups is 1. The number of nitrogens with one attached hydrogen (secondary N) is 2. The van der Waals surface area contributed by atoms with Crippen molar-refractivity contribution in [3.63, 3.8) is 0 Å². The molecular weight excluding hydrogens is 348 g/mol. The van der Waals surface area contributed by atoms with Crippen molar-refractivity contribution in [2.45, 2.75) is 12.5 Å². The zero-order valence-corrected chi connectivity index (χ0v) is 14.8. The molecule has 1 aliphatic rings. The SMILES string of the molecule is COC(=O)CCN1C(=O)NCC1c1cnc(-c2ccc(C(=N)N)cc2)nc1. The lowest BCUT2D eigenvalue weighted by atomic mass is 10.1. The second-order valence-corrected chi connectivity index (χ2v) is 6.05. The maximum atomic E-state index is 12.0. The summed E-state index contributed by atoms with van der Waals surface area (Å²) in [5.41, 5.74) is 7.67. The van der Waals surface area contributed by atoms with Crippen molar-refractivity contribution in [3.8, 4) is 11.4 Å². The van der Waals surface area contributed by atoms with Gasteiger partial charge >= 0.3 is 12.0 Å². The Labute approximate surface area is 156 Å². The number of hydrogen-bond acceptors (Lipinski definition) is 6. The highest BCUT2D eigenvalue weighted by Gasteiger charge is 2.32. The number of methoxy groups -OCH3 is 1. The van der Waals surface area contributed by atoms with Crippen molar-refractivity contribution in [1.29, 1.82) is 5.41 Å². The van der Waals surface area contributed by atoms with Gasteiger partial charge in [-0.2, -0.15) is 0 Å². The third-order valence-electron chi connectivity index (χ3n) is 4.38. The molecule has 0 saturated carbocycles.